The molecule has 0 radical (unpaired) electrons. The van der Waals surface area contributed by atoms with Crippen molar-refractivity contribution in [1.29, 1.82) is 5.26 Å². The average molecular weight is 238 g/mol. The van der Waals surface area contributed by atoms with Gasteiger partial charge in [0.15, 0.2) is 0 Å². The van der Waals surface area contributed by atoms with Gasteiger partial charge in [0.25, 0.3) is 0 Å². The normalized spacial score (nSPS) is 19.5. The minimum Gasteiger partial charge on any atom is -0.309 e. The highest BCUT2D eigenvalue weighted by molar-refractivity contribution is 5.02. The van der Waals surface area contributed by atoms with E-state index >= 15 is 0 Å². The standard InChI is InChI=1S/C13H26N4/c1-13(2,12-14)17-10-8-16(9-11-17)7-5-6-15(3)4/h5-11H2,1-4H3. The Morgan fingerprint density at radius 3 is 2.24 bits per heavy atom. The number of piperazine rings is 1. The largest absolute Gasteiger partial charge is 0.309 e. The van der Waals surface area contributed by atoms with Gasteiger partial charge >= 0.3 is 0 Å². The molecule has 0 aromatic carbocycles. The fourth-order valence-electron chi connectivity index (χ4n) is 2.21. The minimum atomic E-state index is -0.310. The van der Waals surface area contributed by atoms with E-state index in [9.17, 15) is 0 Å². The van der Waals surface area contributed by atoms with Crippen molar-refractivity contribution in [2.24, 2.45) is 0 Å². The summed E-state index contributed by atoms with van der Waals surface area (Å²) in [6.45, 7) is 10.6. The van der Waals surface area contributed by atoms with Crippen LogP contribution in [-0.2, 0) is 0 Å². The molecule has 1 rings (SSSR count). The topological polar surface area (TPSA) is 33.5 Å². The van der Waals surface area contributed by atoms with E-state index in [0.717, 1.165) is 32.7 Å². The lowest BCUT2D eigenvalue weighted by molar-refractivity contribution is 0.0785. The SMILES string of the molecule is CN(C)CCCN1CCN(C(C)(C)C#N)CC1. The monoisotopic (exact) mass is 238 g/mol. The third-order valence-electron chi connectivity index (χ3n) is 3.52. The minimum absolute atomic E-state index is 0.310. The van der Waals surface area contributed by atoms with Crippen LogP contribution in [-0.4, -0.2) is 73.6 Å². The van der Waals surface area contributed by atoms with E-state index in [1.165, 1.54) is 13.0 Å². The van der Waals surface area contributed by atoms with Crippen LogP contribution in [0.5, 0.6) is 0 Å². The predicted octanol–water partition coefficient (Wildman–Crippen LogP) is 0.858. The summed E-state index contributed by atoms with van der Waals surface area (Å²) in [5.41, 5.74) is -0.310. The number of hydrogen-bond acceptors (Lipinski definition) is 4. The van der Waals surface area contributed by atoms with Crippen molar-refractivity contribution in [3.05, 3.63) is 0 Å². The van der Waals surface area contributed by atoms with Gasteiger partial charge in [-0.2, -0.15) is 5.26 Å². The Balaban J connectivity index is 2.25. The number of nitriles is 1. The Hall–Kier alpha value is -0.630. The van der Waals surface area contributed by atoms with Crippen LogP contribution in [0.15, 0.2) is 0 Å². The van der Waals surface area contributed by atoms with E-state index in [4.69, 9.17) is 5.26 Å². The molecule has 17 heavy (non-hydrogen) atoms. The molecule has 0 spiro atoms. The number of nitrogens with zero attached hydrogens (tertiary/aromatic N) is 4. The number of rotatable bonds is 5. The van der Waals surface area contributed by atoms with Crippen molar-refractivity contribution >= 4 is 0 Å². The summed E-state index contributed by atoms with van der Waals surface area (Å²) in [6, 6.07) is 2.38. The van der Waals surface area contributed by atoms with Crippen LogP contribution in [0.1, 0.15) is 20.3 Å². The zero-order valence-corrected chi connectivity index (χ0v) is 11.7. The van der Waals surface area contributed by atoms with Crippen LogP contribution in [0.4, 0.5) is 0 Å². The van der Waals surface area contributed by atoms with Gasteiger partial charge in [-0.3, -0.25) is 4.90 Å². The van der Waals surface area contributed by atoms with Gasteiger partial charge in [-0.1, -0.05) is 0 Å². The fraction of sp³-hybridized carbons (Fsp3) is 0.923. The molecule has 0 aromatic heterocycles. The van der Waals surface area contributed by atoms with Gasteiger partial charge in [-0.25, -0.2) is 0 Å². The van der Waals surface area contributed by atoms with Crippen molar-refractivity contribution in [1.82, 2.24) is 14.7 Å². The molecular weight excluding hydrogens is 212 g/mol. The summed E-state index contributed by atoms with van der Waals surface area (Å²) in [5, 5.41) is 9.10. The summed E-state index contributed by atoms with van der Waals surface area (Å²) >= 11 is 0. The van der Waals surface area contributed by atoms with Gasteiger partial charge in [0, 0.05) is 26.2 Å². The summed E-state index contributed by atoms with van der Waals surface area (Å²) in [6.07, 6.45) is 1.23. The summed E-state index contributed by atoms with van der Waals surface area (Å²) in [7, 11) is 4.24. The highest BCUT2D eigenvalue weighted by atomic mass is 15.3. The van der Waals surface area contributed by atoms with Gasteiger partial charge in [0.05, 0.1) is 6.07 Å². The van der Waals surface area contributed by atoms with Gasteiger partial charge in [-0.05, 0) is 47.5 Å². The summed E-state index contributed by atoms with van der Waals surface area (Å²) < 4.78 is 0. The lowest BCUT2D eigenvalue weighted by atomic mass is 10.0. The molecule has 0 unspecified atom stereocenters. The molecule has 4 heteroatoms. The van der Waals surface area contributed by atoms with E-state index in [-0.39, 0.29) is 5.54 Å². The molecule has 0 amide bonds. The first-order chi connectivity index (χ1) is 7.95. The Bertz CT molecular complexity index is 259. The van der Waals surface area contributed by atoms with E-state index in [2.05, 4.69) is 34.9 Å². The Kier molecular flexibility index (Phi) is 5.38. The third kappa shape index (κ3) is 4.63. The third-order valence-corrected chi connectivity index (χ3v) is 3.52. The van der Waals surface area contributed by atoms with Crippen LogP contribution >= 0.6 is 0 Å². The molecule has 1 heterocycles. The molecule has 1 aliphatic rings. The maximum atomic E-state index is 9.10. The van der Waals surface area contributed by atoms with Gasteiger partial charge in [0.2, 0.25) is 0 Å². The fourth-order valence-corrected chi connectivity index (χ4v) is 2.21. The molecule has 0 N–H and O–H groups in total. The highest BCUT2D eigenvalue weighted by Crippen LogP contribution is 2.15. The first kappa shape index (κ1) is 14.4. The van der Waals surface area contributed by atoms with Crippen molar-refractivity contribution in [2.45, 2.75) is 25.8 Å². The average Bonchev–Trinajstić information content (AvgIpc) is 2.29. The van der Waals surface area contributed by atoms with Crippen molar-refractivity contribution in [3.8, 4) is 6.07 Å². The molecular formula is C13H26N4. The van der Waals surface area contributed by atoms with Crippen LogP contribution in [0, 0.1) is 11.3 Å². The lowest BCUT2D eigenvalue weighted by Crippen LogP contribution is -2.54. The Labute approximate surface area is 106 Å². The van der Waals surface area contributed by atoms with Gasteiger partial charge < -0.3 is 9.80 Å². The summed E-state index contributed by atoms with van der Waals surface area (Å²) in [4.78, 5) is 7.03. The molecule has 0 atom stereocenters. The molecule has 4 nitrogen and oxygen atoms in total. The van der Waals surface area contributed by atoms with Crippen LogP contribution in [0.25, 0.3) is 0 Å². The maximum absolute atomic E-state index is 9.10. The highest BCUT2D eigenvalue weighted by Gasteiger charge is 2.29. The predicted molar refractivity (Wildman–Crippen MR) is 70.9 cm³/mol. The summed E-state index contributed by atoms with van der Waals surface area (Å²) in [5.74, 6) is 0. The zero-order chi connectivity index (χ0) is 12.9. The molecule has 98 valence electrons. The second kappa shape index (κ2) is 6.34. The Morgan fingerprint density at radius 1 is 1.18 bits per heavy atom. The zero-order valence-electron chi connectivity index (χ0n) is 11.7. The second-order valence-corrected chi connectivity index (χ2v) is 5.66. The lowest BCUT2D eigenvalue weighted by Gasteiger charge is -2.40. The van der Waals surface area contributed by atoms with Crippen LogP contribution in [0.2, 0.25) is 0 Å². The first-order valence-electron chi connectivity index (χ1n) is 6.49. The Morgan fingerprint density at radius 2 is 1.76 bits per heavy atom. The molecule has 1 saturated heterocycles. The van der Waals surface area contributed by atoms with Crippen molar-refractivity contribution in [2.75, 3.05) is 53.4 Å². The molecule has 0 aliphatic carbocycles. The molecule has 0 saturated carbocycles. The van der Waals surface area contributed by atoms with E-state index in [0.29, 0.717) is 0 Å². The quantitative estimate of drug-likeness (QED) is 0.711. The van der Waals surface area contributed by atoms with Crippen molar-refractivity contribution in [3.63, 3.8) is 0 Å². The molecule has 0 aromatic rings. The van der Waals surface area contributed by atoms with E-state index in [1.807, 2.05) is 13.8 Å². The van der Waals surface area contributed by atoms with Crippen LogP contribution in [0.3, 0.4) is 0 Å². The smallest absolute Gasteiger partial charge is 0.103 e. The van der Waals surface area contributed by atoms with Gasteiger partial charge in [0.1, 0.15) is 5.54 Å². The maximum Gasteiger partial charge on any atom is 0.103 e. The van der Waals surface area contributed by atoms with Crippen molar-refractivity contribution < 1.29 is 0 Å². The molecule has 0 bridgehead atoms. The van der Waals surface area contributed by atoms with E-state index < -0.39 is 0 Å². The molecule has 1 aliphatic heterocycles. The number of hydrogen-bond donors (Lipinski definition) is 0. The van der Waals surface area contributed by atoms with Gasteiger partial charge in [-0.15, -0.1) is 0 Å². The van der Waals surface area contributed by atoms with Crippen LogP contribution < -0.4 is 0 Å². The first-order valence-corrected chi connectivity index (χ1v) is 6.49. The molecule has 1 fully saturated rings. The van der Waals surface area contributed by atoms with E-state index in [1.54, 1.807) is 0 Å². The second-order valence-electron chi connectivity index (χ2n) is 5.66.